The van der Waals surface area contributed by atoms with E-state index in [2.05, 4.69) is 5.10 Å². The smallest absolute Gasteiger partial charge is 0.193 e. The number of nitrogens with zero attached hydrogens (tertiary/aromatic N) is 1. The first-order valence-electron chi connectivity index (χ1n) is 7.77. The Morgan fingerprint density at radius 3 is 2.28 bits per heavy atom. The van der Waals surface area contributed by atoms with Crippen LogP contribution in [0.25, 0.3) is 0 Å². The number of carbonyl (C=O) groups excluding carboxylic acids is 1. The minimum absolute atomic E-state index is 0.174. The van der Waals surface area contributed by atoms with E-state index in [1.807, 2.05) is 57.2 Å². The van der Waals surface area contributed by atoms with Crippen molar-refractivity contribution in [3.05, 3.63) is 59.1 Å². The number of benzene rings is 2. The van der Waals surface area contributed by atoms with Gasteiger partial charge in [0.25, 0.3) is 0 Å². The maximum atomic E-state index is 12.4. The molecule has 0 aromatic heterocycles. The van der Waals surface area contributed by atoms with E-state index in [-0.39, 0.29) is 11.4 Å². The Bertz CT molecular complexity index is 738. The fraction of sp³-hybridized carbons (Fsp3) is 0.263. The van der Waals surface area contributed by atoms with Crippen molar-refractivity contribution in [2.75, 3.05) is 0 Å². The van der Waals surface area contributed by atoms with Crippen LogP contribution < -0.4 is 10.6 Å². The summed E-state index contributed by atoms with van der Waals surface area (Å²) in [4.78, 5) is 13.4. The van der Waals surface area contributed by atoms with Crippen LogP contribution in [0.2, 0.25) is 5.02 Å². The van der Waals surface area contributed by atoms with Gasteiger partial charge >= 0.3 is 0 Å². The minimum atomic E-state index is -0.447. The number of ether oxygens (including phenoxy) is 1. The molecule has 1 unspecified atom stereocenters. The van der Waals surface area contributed by atoms with Crippen LogP contribution in [-0.4, -0.2) is 17.6 Å². The molecule has 6 heteroatoms. The van der Waals surface area contributed by atoms with Gasteiger partial charge < -0.3 is 10.6 Å². The second kappa shape index (κ2) is 8.41. The Morgan fingerprint density at radius 2 is 1.76 bits per heavy atom. The predicted molar refractivity (Wildman–Crippen MR) is 105 cm³/mol. The SMILES string of the molecule is CC(C)(C)Oc1ccc(C(Sc2ccc(Cl)cc2)C(=O)C=NN)cc1. The highest BCUT2D eigenvalue weighted by atomic mass is 35.5. The Morgan fingerprint density at radius 1 is 1.16 bits per heavy atom. The van der Waals surface area contributed by atoms with Crippen molar-refractivity contribution < 1.29 is 9.53 Å². The zero-order valence-corrected chi connectivity index (χ0v) is 16.0. The van der Waals surface area contributed by atoms with E-state index < -0.39 is 5.25 Å². The first-order chi connectivity index (χ1) is 11.8. The Balaban J connectivity index is 2.25. The van der Waals surface area contributed by atoms with Crippen molar-refractivity contribution in [1.82, 2.24) is 0 Å². The molecule has 0 saturated carbocycles. The zero-order valence-electron chi connectivity index (χ0n) is 14.4. The van der Waals surface area contributed by atoms with Crippen molar-refractivity contribution >= 4 is 35.4 Å². The average Bonchev–Trinajstić information content (AvgIpc) is 2.54. The molecule has 0 aliphatic carbocycles. The third kappa shape index (κ3) is 6.11. The van der Waals surface area contributed by atoms with Gasteiger partial charge in [0.2, 0.25) is 0 Å². The van der Waals surface area contributed by atoms with Crippen LogP contribution in [0.15, 0.2) is 58.5 Å². The molecule has 0 bridgehead atoms. The number of nitrogens with two attached hydrogens (primary N) is 1. The molecular weight excluding hydrogens is 356 g/mol. The van der Waals surface area contributed by atoms with E-state index in [0.29, 0.717) is 5.02 Å². The number of hydrogen-bond acceptors (Lipinski definition) is 5. The molecule has 1 atom stereocenters. The summed E-state index contributed by atoms with van der Waals surface area (Å²) in [6.07, 6.45) is 1.15. The molecule has 0 aliphatic heterocycles. The van der Waals surface area contributed by atoms with Gasteiger partial charge in [0, 0.05) is 9.92 Å². The third-order valence-electron chi connectivity index (χ3n) is 3.13. The number of carbonyl (C=O) groups is 1. The van der Waals surface area contributed by atoms with Gasteiger partial charge in [-0.05, 0) is 62.7 Å². The van der Waals surface area contributed by atoms with E-state index >= 15 is 0 Å². The fourth-order valence-electron chi connectivity index (χ4n) is 2.15. The summed E-state index contributed by atoms with van der Waals surface area (Å²) in [5, 5.41) is 3.58. The highest BCUT2D eigenvalue weighted by Crippen LogP contribution is 2.37. The molecule has 2 rings (SSSR count). The van der Waals surface area contributed by atoms with Crippen LogP contribution in [-0.2, 0) is 4.79 Å². The standard InChI is InChI=1S/C19H21ClN2O2S/c1-19(2,3)24-15-8-4-13(5-9-15)18(17(23)12-22-21)25-16-10-6-14(20)7-11-16/h4-12,18H,21H2,1-3H3. The van der Waals surface area contributed by atoms with Gasteiger partial charge in [-0.3, -0.25) is 4.79 Å². The van der Waals surface area contributed by atoms with Crippen molar-refractivity contribution in [2.45, 2.75) is 36.5 Å². The van der Waals surface area contributed by atoms with Gasteiger partial charge in [-0.2, -0.15) is 5.10 Å². The monoisotopic (exact) mass is 376 g/mol. The number of halogens is 1. The van der Waals surface area contributed by atoms with E-state index in [0.717, 1.165) is 22.4 Å². The van der Waals surface area contributed by atoms with Gasteiger partial charge in [-0.25, -0.2) is 0 Å². The van der Waals surface area contributed by atoms with E-state index in [1.165, 1.54) is 11.8 Å². The van der Waals surface area contributed by atoms with Crippen LogP contribution in [0.5, 0.6) is 5.75 Å². The van der Waals surface area contributed by atoms with Gasteiger partial charge in [0.1, 0.15) is 11.4 Å². The van der Waals surface area contributed by atoms with E-state index in [1.54, 1.807) is 12.1 Å². The number of rotatable bonds is 6. The fourth-order valence-corrected chi connectivity index (χ4v) is 3.31. The van der Waals surface area contributed by atoms with Crippen molar-refractivity contribution in [1.29, 1.82) is 0 Å². The summed E-state index contributed by atoms with van der Waals surface area (Å²) >= 11 is 7.34. The normalized spacial score (nSPS) is 13.0. The summed E-state index contributed by atoms with van der Waals surface area (Å²) < 4.78 is 5.82. The lowest BCUT2D eigenvalue weighted by molar-refractivity contribution is -0.112. The number of hydrogen-bond donors (Lipinski definition) is 1. The van der Waals surface area contributed by atoms with Crippen molar-refractivity contribution in [3.63, 3.8) is 0 Å². The maximum Gasteiger partial charge on any atom is 0.193 e. The summed E-state index contributed by atoms with van der Waals surface area (Å²) in [6.45, 7) is 5.96. The van der Waals surface area contributed by atoms with Gasteiger partial charge in [0.15, 0.2) is 5.78 Å². The summed E-state index contributed by atoms with van der Waals surface area (Å²) in [7, 11) is 0. The molecule has 2 aromatic carbocycles. The molecule has 2 N–H and O–H groups in total. The average molecular weight is 377 g/mol. The van der Waals surface area contributed by atoms with E-state index in [9.17, 15) is 4.79 Å². The Hall–Kier alpha value is -1.98. The number of thioether (sulfide) groups is 1. The molecule has 132 valence electrons. The van der Waals surface area contributed by atoms with Gasteiger partial charge in [-0.1, -0.05) is 23.7 Å². The minimum Gasteiger partial charge on any atom is -0.488 e. The Kier molecular flexibility index (Phi) is 6.51. The molecule has 0 fully saturated rings. The molecule has 0 radical (unpaired) electrons. The molecule has 2 aromatic rings. The molecule has 25 heavy (non-hydrogen) atoms. The van der Waals surface area contributed by atoms with Crippen LogP contribution in [0.3, 0.4) is 0 Å². The van der Waals surface area contributed by atoms with Crippen molar-refractivity contribution in [3.8, 4) is 5.75 Å². The number of Topliss-reactive ketones (excluding diaryl/α,β-unsaturated/α-hetero) is 1. The highest BCUT2D eigenvalue weighted by Gasteiger charge is 2.21. The van der Waals surface area contributed by atoms with Crippen molar-refractivity contribution in [2.24, 2.45) is 10.9 Å². The molecule has 0 heterocycles. The predicted octanol–water partition coefficient (Wildman–Crippen LogP) is 4.86. The number of hydrazone groups is 1. The maximum absolute atomic E-state index is 12.4. The first kappa shape index (κ1) is 19.3. The van der Waals surface area contributed by atoms with Crippen LogP contribution in [0, 0.1) is 0 Å². The lowest BCUT2D eigenvalue weighted by Crippen LogP contribution is -2.22. The lowest BCUT2D eigenvalue weighted by Gasteiger charge is -2.22. The summed E-state index contributed by atoms with van der Waals surface area (Å²) in [5.41, 5.74) is 0.576. The molecule has 0 spiro atoms. The van der Waals surface area contributed by atoms with E-state index in [4.69, 9.17) is 22.2 Å². The highest BCUT2D eigenvalue weighted by molar-refractivity contribution is 8.00. The van der Waals surface area contributed by atoms with Gasteiger partial charge in [0.05, 0.1) is 11.5 Å². The molecule has 0 aliphatic rings. The molecule has 4 nitrogen and oxygen atoms in total. The second-order valence-corrected chi connectivity index (χ2v) is 8.03. The lowest BCUT2D eigenvalue weighted by atomic mass is 10.1. The largest absolute Gasteiger partial charge is 0.488 e. The topological polar surface area (TPSA) is 64.7 Å². The molecule has 0 saturated heterocycles. The number of ketones is 1. The van der Waals surface area contributed by atoms with Crippen LogP contribution in [0.1, 0.15) is 31.6 Å². The van der Waals surface area contributed by atoms with Crippen LogP contribution in [0.4, 0.5) is 0 Å². The summed E-state index contributed by atoms with van der Waals surface area (Å²) in [5.74, 6) is 5.74. The quantitative estimate of drug-likeness (QED) is 0.338. The summed E-state index contributed by atoms with van der Waals surface area (Å²) in [6, 6.07) is 14.8. The van der Waals surface area contributed by atoms with Crippen LogP contribution >= 0.6 is 23.4 Å². The molecule has 0 amide bonds. The van der Waals surface area contributed by atoms with Gasteiger partial charge in [-0.15, -0.1) is 11.8 Å². The third-order valence-corrected chi connectivity index (χ3v) is 4.67. The second-order valence-electron chi connectivity index (χ2n) is 6.42. The Labute approximate surface area is 157 Å². The molecular formula is C19H21ClN2O2S. The zero-order chi connectivity index (χ0) is 18.4. The first-order valence-corrected chi connectivity index (χ1v) is 9.02.